The van der Waals surface area contributed by atoms with Crippen LogP contribution in [0.1, 0.15) is 27.2 Å². The van der Waals surface area contributed by atoms with Gasteiger partial charge in [-0.2, -0.15) is 0 Å². The van der Waals surface area contributed by atoms with E-state index in [-0.39, 0.29) is 5.91 Å². The van der Waals surface area contributed by atoms with Crippen LogP contribution in [0.15, 0.2) is 30.3 Å². The standard InChI is InChI=1S/C22H28N4O3S/c1-14-12-17(29-11-5-10-26(2)3)25-22-18(14)19(23)20(30-22)21(27)24-13-15-6-8-16(28-4)9-7-15/h6-9,12H,5,10-11,13,23H2,1-4H3,(H,24,27). The molecule has 0 aliphatic carbocycles. The van der Waals surface area contributed by atoms with Gasteiger partial charge in [-0.15, -0.1) is 11.3 Å². The molecule has 0 spiro atoms. The molecule has 1 aromatic carbocycles. The van der Waals surface area contributed by atoms with E-state index in [1.54, 1.807) is 7.11 Å². The molecule has 0 bridgehead atoms. The summed E-state index contributed by atoms with van der Waals surface area (Å²) in [4.78, 5) is 20.6. The topological polar surface area (TPSA) is 89.7 Å². The van der Waals surface area contributed by atoms with Gasteiger partial charge in [0.15, 0.2) is 0 Å². The Morgan fingerprint density at radius 3 is 2.67 bits per heavy atom. The predicted molar refractivity (Wildman–Crippen MR) is 122 cm³/mol. The smallest absolute Gasteiger partial charge is 0.263 e. The zero-order chi connectivity index (χ0) is 21.7. The summed E-state index contributed by atoms with van der Waals surface area (Å²) >= 11 is 1.29. The van der Waals surface area contributed by atoms with E-state index in [1.807, 2.05) is 51.4 Å². The fourth-order valence-corrected chi connectivity index (χ4v) is 4.17. The molecule has 0 fully saturated rings. The van der Waals surface area contributed by atoms with Gasteiger partial charge in [-0.05, 0) is 50.7 Å². The lowest BCUT2D eigenvalue weighted by molar-refractivity contribution is 0.0956. The van der Waals surface area contributed by atoms with E-state index in [0.29, 0.717) is 34.4 Å². The number of nitrogens with one attached hydrogen (secondary N) is 1. The highest BCUT2D eigenvalue weighted by Crippen LogP contribution is 2.36. The van der Waals surface area contributed by atoms with Crippen molar-refractivity contribution in [3.63, 3.8) is 0 Å². The lowest BCUT2D eigenvalue weighted by Crippen LogP contribution is -2.22. The molecule has 2 aromatic heterocycles. The fourth-order valence-electron chi connectivity index (χ4n) is 3.09. The first kappa shape index (κ1) is 21.9. The minimum atomic E-state index is -0.209. The first-order valence-corrected chi connectivity index (χ1v) is 10.6. The van der Waals surface area contributed by atoms with Crippen molar-refractivity contribution < 1.29 is 14.3 Å². The van der Waals surface area contributed by atoms with E-state index >= 15 is 0 Å². The lowest BCUT2D eigenvalue weighted by atomic mass is 10.1. The van der Waals surface area contributed by atoms with Crippen molar-refractivity contribution in [2.75, 3.05) is 40.1 Å². The second-order valence-electron chi connectivity index (χ2n) is 7.34. The summed E-state index contributed by atoms with van der Waals surface area (Å²) in [6.07, 6.45) is 0.914. The average Bonchev–Trinajstić information content (AvgIpc) is 3.06. The van der Waals surface area contributed by atoms with Gasteiger partial charge in [-0.1, -0.05) is 12.1 Å². The van der Waals surface area contributed by atoms with Gasteiger partial charge in [0.1, 0.15) is 15.5 Å². The van der Waals surface area contributed by atoms with Crippen molar-refractivity contribution in [3.8, 4) is 11.6 Å². The molecule has 0 saturated carbocycles. The number of benzene rings is 1. The van der Waals surface area contributed by atoms with Gasteiger partial charge in [0, 0.05) is 24.5 Å². The Bertz CT molecular complexity index is 1020. The van der Waals surface area contributed by atoms with E-state index in [9.17, 15) is 4.79 Å². The Morgan fingerprint density at radius 1 is 1.27 bits per heavy atom. The number of amides is 1. The number of aryl methyl sites for hydroxylation is 1. The Hall–Kier alpha value is -2.84. The highest BCUT2D eigenvalue weighted by Gasteiger charge is 2.19. The van der Waals surface area contributed by atoms with Gasteiger partial charge in [0.05, 0.1) is 19.4 Å². The third kappa shape index (κ3) is 5.20. The van der Waals surface area contributed by atoms with Crippen molar-refractivity contribution in [2.24, 2.45) is 0 Å². The van der Waals surface area contributed by atoms with Crippen LogP contribution >= 0.6 is 11.3 Å². The number of fused-ring (bicyclic) bond motifs is 1. The number of carbonyl (C=O) groups is 1. The zero-order valence-corrected chi connectivity index (χ0v) is 18.6. The first-order valence-electron chi connectivity index (χ1n) is 9.77. The maximum atomic E-state index is 12.7. The second kappa shape index (κ2) is 9.77. The number of nitrogens with two attached hydrogens (primary N) is 1. The van der Waals surface area contributed by atoms with Crippen LogP contribution in [0.5, 0.6) is 11.6 Å². The van der Waals surface area contributed by atoms with Crippen LogP contribution in [-0.4, -0.2) is 50.1 Å². The van der Waals surface area contributed by atoms with E-state index in [1.165, 1.54) is 11.3 Å². The highest BCUT2D eigenvalue weighted by atomic mass is 32.1. The summed E-state index contributed by atoms with van der Waals surface area (Å²) in [5.41, 5.74) is 8.69. The van der Waals surface area contributed by atoms with Gasteiger partial charge in [-0.3, -0.25) is 4.79 Å². The number of methoxy groups -OCH3 is 1. The lowest BCUT2D eigenvalue weighted by Gasteiger charge is -2.10. The number of hydrogen-bond donors (Lipinski definition) is 2. The Kier molecular flexibility index (Phi) is 7.12. The van der Waals surface area contributed by atoms with Gasteiger partial charge in [-0.25, -0.2) is 4.98 Å². The number of nitrogens with zero attached hydrogens (tertiary/aromatic N) is 2. The molecule has 0 saturated heterocycles. The maximum absolute atomic E-state index is 12.7. The largest absolute Gasteiger partial charge is 0.497 e. The first-order chi connectivity index (χ1) is 14.4. The molecule has 8 heteroatoms. The molecule has 30 heavy (non-hydrogen) atoms. The number of hydrogen-bond acceptors (Lipinski definition) is 7. The van der Waals surface area contributed by atoms with Crippen LogP contribution in [0.25, 0.3) is 10.2 Å². The van der Waals surface area contributed by atoms with E-state index in [0.717, 1.165) is 35.2 Å². The Labute approximate surface area is 180 Å². The van der Waals surface area contributed by atoms with E-state index in [2.05, 4.69) is 15.2 Å². The number of pyridine rings is 1. The van der Waals surface area contributed by atoms with Crippen molar-refractivity contribution in [1.29, 1.82) is 0 Å². The SMILES string of the molecule is COc1ccc(CNC(=O)c2sc3nc(OCCCN(C)C)cc(C)c3c2N)cc1. The maximum Gasteiger partial charge on any atom is 0.263 e. The summed E-state index contributed by atoms with van der Waals surface area (Å²) in [6.45, 7) is 3.90. The van der Waals surface area contributed by atoms with Crippen LogP contribution in [0.4, 0.5) is 5.69 Å². The number of nitrogen functional groups attached to an aromatic ring is 1. The third-order valence-electron chi connectivity index (χ3n) is 4.69. The predicted octanol–water partition coefficient (Wildman–Crippen LogP) is 3.46. The molecule has 0 radical (unpaired) electrons. The van der Waals surface area contributed by atoms with E-state index < -0.39 is 0 Å². The second-order valence-corrected chi connectivity index (χ2v) is 8.34. The van der Waals surface area contributed by atoms with Crippen LogP contribution in [0.2, 0.25) is 0 Å². The molecular formula is C22H28N4O3S. The fraction of sp³-hybridized carbons (Fsp3) is 0.364. The quantitative estimate of drug-likeness (QED) is 0.508. The average molecular weight is 429 g/mol. The molecule has 0 atom stereocenters. The molecular weight excluding hydrogens is 400 g/mol. The number of anilines is 1. The molecule has 1 amide bonds. The van der Waals surface area contributed by atoms with Crippen LogP contribution in [0.3, 0.4) is 0 Å². The van der Waals surface area contributed by atoms with Crippen molar-refractivity contribution >= 4 is 33.1 Å². The third-order valence-corrected chi connectivity index (χ3v) is 5.79. The van der Waals surface area contributed by atoms with Crippen molar-refractivity contribution in [2.45, 2.75) is 19.9 Å². The number of carbonyl (C=O) groups excluding carboxylic acids is 1. The summed E-state index contributed by atoms with van der Waals surface area (Å²) in [6, 6.07) is 9.43. The number of ether oxygens (including phenoxy) is 2. The number of thiophene rings is 1. The normalized spacial score (nSPS) is 11.1. The Morgan fingerprint density at radius 2 is 2.00 bits per heavy atom. The summed E-state index contributed by atoms with van der Waals surface area (Å²) in [7, 11) is 5.69. The molecule has 160 valence electrons. The summed E-state index contributed by atoms with van der Waals surface area (Å²) < 4.78 is 11.0. The van der Waals surface area contributed by atoms with Crippen LogP contribution < -0.4 is 20.5 Å². The minimum Gasteiger partial charge on any atom is -0.497 e. The zero-order valence-electron chi connectivity index (χ0n) is 17.8. The monoisotopic (exact) mass is 428 g/mol. The highest BCUT2D eigenvalue weighted by molar-refractivity contribution is 7.21. The van der Waals surface area contributed by atoms with Crippen molar-refractivity contribution in [3.05, 3.63) is 46.3 Å². The van der Waals surface area contributed by atoms with Gasteiger partial charge in [0.25, 0.3) is 5.91 Å². The number of aromatic nitrogens is 1. The minimum absolute atomic E-state index is 0.209. The molecule has 0 aliphatic rings. The molecule has 3 rings (SSSR count). The van der Waals surface area contributed by atoms with E-state index in [4.69, 9.17) is 15.2 Å². The van der Waals surface area contributed by atoms with Gasteiger partial charge < -0.3 is 25.4 Å². The molecule has 0 aliphatic heterocycles. The summed E-state index contributed by atoms with van der Waals surface area (Å²) in [5.74, 6) is 1.13. The molecule has 3 N–H and O–H groups in total. The van der Waals surface area contributed by atoms with Crippen LogP contribution in [-0.2, 0) is 6.54 Å². The van der Waals surface area contributed by atoms with Crippen molar-refractivity contribution in [1.82, 2.24) is 15.2 Å². The van der Waals surface area contributed by atoms with Gasteiger partial charge >= 0.3 is 0 Å². The van der Waals surface area contributed by atoms with Crippen LogP contribution in [0, 0.1) is 6.92 Å². The molecule has 7 nitrogen and oxygen atoms in total. The Balaban J connectivity index is 1.71. The van der Waals surface area contributed by atoms with Gasteiger partial charge in [0.2, 0.25) is 5.88 Å². The summed E-state index contributed by atoms with van der Waals surface area (Å²) in [5, 5.41) is 3.74. The molecule has 3 aromatic rings. The molecule has 0 unspecified atom stereocenters. The molecule has 2 heterocycles. The number of rotatable bonds is 9.